The number of rotatable bonds is 8. The van der Waals surface area contributed by atoms with Crippen LogP contribution in [0, 0.1) is 0 Å². The number of piperidine rings is 1. The molecule has 160 valence electrons. The molecule has 2 aromatic rings. The Morgan fingerprint density at radius 1 is 1.07 bits per heavy atom. The van der Waals surface area contributed by atoms with Crippen LogP contribution in [0.3, 0.4) is 0 Å². The first-order chi connectivity index (χ1) is 14.5. The Morgan fingerprint density at radius 2 is 1.77 bits per heavy atom. The van der Waals surface area contributed by atoms with Crippen molar-refractivity contribution in [2.24, 2.45) is 5.73 Å². The first-order valence-corrected chi connectivity index (χ1v) is 10.8. The predicted octanol–water partition coefficient (Wildman–Crippen LogP) is 3.63. The van der Waals surface area contributed by atoms with Gasteiger partial charge in [-0.05, 0) is 61.9 Å². The van der Waals surface area contributed by atoms with E-state index in [4.69, 9.17) is 5.73 Å². The van der Waals surface area contributed by atoms with Gasteiger partial charge in [-0.2, -0.15) is 0 Å². The number of nitrogens with zero attached hydrogens (tertiary/aromatic N) is 1. The molecule has 0 spiro atoms. The van der Waals surface area contributed by atoms with E-state index < -0.39 is 5.91 Å². The highest BCUT2D eigenvalue weighted by atomic mass is 16.2. The first kappa shape index (κ1) is 21.7. The Labute approximate surface area is 178 Å². The summed E-state index contributed by atoms with van der Waals surface area (Å²) in [4.78, 5) is 26.7. The second kappa shape index (κ2) is 10.1. The number of benzene rings is 2. The number of primary amides is 1. The highest BCUT2D eigenvalue weighted by Crippen LogP contribution is 2.25. The monoisotopic (exact) mass is 408 g/mol. The molecule has 4 N–H and O–H groups in total. The fourth-order valence-corrected chi connectivity index (χ4v) is 3.83. The Hall–Kier alpha value is -3.02. The van der Waals surface area contributed by atoms with Gasteiger partial charge in [0.25, 0.3) is 5.91 Å². The van der Waals surface area contributed by atoms with Crippen LogP contribution in [0.2, 0.25) is 0 Å². The SMILES string of the molecule is CCc1ccc(C(C)NC(=O)CNc2ccc(N3CCCCC3)cc2C(N)=O)cc1. The van der Waals surface area contributed by atoms with Crippen molar-refractivity contribution in [1.82, 2.24) is 5.32 Å². The molecule has 6 nitrogen and oxygen atoms in total. The second-order valence-electron chi connectivity index (χ2n) is 7.88. The number of hydrogen-bond donors (Lipinski definition) is 3. The van der Waals surface area contributed by atoms with Crippen molar-refractivity contribution >= 4 is 23.2 Å². The lowest BCUT2D eigenvalue weighted by atomic mass is 10.0. The van der Waals surface area contributed by atoms with Gasteiger partial charge in [-0.15, -0.1) is 0 Å². The lowest BCUT2D eigenvalue weighted by molar-refractivity contribution is -0.120. The maximum Gasteiger partial charge on any atom is 0.250 e. The average Bonchev–Trinajstić information content (AvgIpc) is 2.78. The molecule has 0 aliphatic carbocycles. The number of carbonyl (C=O) groups is 2. The number of aryl methyl sites for hydroxylation is 1. The highest BCUT2D eigenvalue weighted by Gasteiger charge is 2.16. The molecule has 30 heavy (non-hydrogen) atoms. The van der Waals surface area contributed by atoms with E-state index in [-0.39, 0.29) is 18.5 Å². The molecule has 1 saturated heterocycles. The van der Waals surface area contributed by atoms with E-state index in [1.54, 1.807) is 0 Å². The number of anilines is 2. The third-order valence-electron chi connectivity index (χ3n) is 5.69. The fourth-order valence-electron chi connectivity index (χ4n) is 3.83. The fraction of sp³-hybridized carbons (Fsp3) is 0.417. The second-order valence-corrected chi connectivity index (χ2v) is 7.88. The molecule has 1 atom stereocenters. The quantitative estimate of drug-likeness (QED) is 0.622. The van der Waals surface area contributed by atoms with Crippen LogP contribution in [0.1, 0.15) is 60.6 Å². The zero-order valence-corrected chi connectivity index (χ0v) is 17.9. The van der Waals surface area contributed by atoms with Gasteiger partial charge < -0.3 is 21.3 Å². The van der Waals surface area contributed by atoms with Crippen molar-refractivity contribution < 1.29 is 9.59 Å². The van der Waals surface area contributed by atoms with Crippen LogP contribution in [0.25, 0.3) is 0 Å². The molecule has 2 aromatic carbocycles. The maximum absolute atomic E-state index is 12.4. The van der Waals surface area contributed by atoms with Crippen molar-refractivity contribution in [1.29, 1.82) is 0 Å². The average molecular weight is 409 g/mol. The molecule has 3 rings (SSSR count). The number of nitrogens with two attached hydrogens (primary N) is 1. The Morgan fingerprint density at radius 3 is 2.40 bits per heavy atom. The number of nitrogens with one attached hydrogen (secondary N) is 2. The summed E-state index contributed by atoms with van der Waals surface area (Å²) in [6.45, 7) is 6.13. The summed E-state index contributed by atoms with van der Waals surface area (Å²) >= 11 is 0. The van der Waals surface area contributed by atoms with Crippen molar-refractivity contribution in [2.45, 2.75) is 45.6 Å². The van der Waals surface area contributed by atoms with Gasteiger partial charge in [0.1, 0.15) is 0 Å². The third kappa shape index (κ3) is 5.53. The van der Waals surface area contributed by atoms with Crippen molar-refractivity contribution in [2.75, 3.05) is 29.9 Å². The summed E-state index contributed by atoms with van der Waals surface area (Å²) in [6.07, 6.45) is 4.55. The van der Waals surface area contributed by atoms with Gasteiger partial charge in [0, 0.05) is 24.5 Å². The van der Waals surface area contributed by atoms with Gasteiger partial charge >= 0.3 is 0 Å². The third-order valence-corrected chi connectivity index (χ3v) is 5.69. The van der Waals surface area contributed by atoms with E-state index in [1.807, 2.05) is 37.3 Å². The van der Waals surface area contributed by atoms with Crippen LogP contribution < -0.4 is 21.3 Å². The van der Waals surface area contributed by atoms with E-state index >= 15 is 0 Å². The van der Waals surface area contributed by atoms with Gasteiger partial charge in [0.15, 0.2) is 0 Å². The van der Waals surface area contributed by atoms with Crippen molar-refractivity contribution in [3.8, 4) is 0 Å². The van der Waals surface area contributed by atoms with Gasteiger partial charge in [0.05, 0.1) is 18.2 Å². The van der Waals surface area contributed by atoms with Crippen LogP contribution in [0.5, 0.6) is 0 Å². The molecule has 1 aliphatic heterocycles. The highest BCUT2D eigenvalue weighted by molar-refractivity contribution is 6.00. The van der Waals surface area contributed by atoms with Crippen LogP contribution in [-0.2, 0) is 11.2 Å². The lowest BCUT2D eigenvalue weighted by Gasteiger charge is -2.29. The smallest absolute Gasteiger partial charge is 0.250 e. The Balaban J connectivity index is 1.60. The zero-order chi connectivity index (χ0) is 21.5. The summed E-state index contributed by atoms with van der Waals surface area (Å²) in [7, 11) is 0. The molecule has 1 aliphatic rings. The normalized spacial score (nSPS) is 14.8. The number of carbonyl (C=O) groups excluding carboxylic acids is 2. The minimum Gasteiger partial charge on any atom is -0.376 e. The molecule has 1 unspecified atom stereocenters. The van der Waals surface area contributed by atoms with Crippen LogP contribution in [-0.4, -0.2) is 31.4 Å². The van der Waals surface area contributed by atoms with Gasteiger partial charge in [-0.1, -0.05) is 31.2 Å². The summed E-state index contributed by atoms with van der Waals surface area (Å²) in [5.41, 5.74) is 9.93. The van der Waals surface area contributed by atoms with Crippen LogP contribution >= 0.6 is 0 Å². The molecular formula is C24H32N4O2. The largest absolute Gasteiger partial charge is 0.376 e. The number of amides is 2. The Kier molecular flexibility index (Phi) is 7.33. The summed E-state index contributed by atoms with van der Waals surface area (Å²) in [5, 5.41) is 6.06. The van der Waals surface area contributed by atoms with E-state index in [2.05, 4.69) is 34.6 Å². The number of hydrogen-bond acceptors (Lipinski definition) is 4. The topological polar surface area (TPSA) is 87.5 Å². The van der Waals surface area contributed by atoms with Gasteiger partial charge in [-0.3, -0.25) is 9.59 Å². The van der Waals surface area contributed by atoms with E-state index in [0.717, 1.165) is 43.6 Å². The minimum absolute atomic E-state index is 0.0702. The molecule has 0 bridgehead atoms. The summed E-state index contributed by atoms with van der Waals surface area (Å²) < 4.78 is 0. The van der Waals surface area contributed by atoms with E-state index in [9.17, 15) is 9.59 Å². The van der Waals surface area contributed by atoms with Crippen molar-refractivity contribution in [3.63, 3.8) is 0 Å². The minimum atomic E-state index is -0.499. The van der Waals surface area contributed by atoms with Crippen molar-refractivity contribution in [3.05, 3.63) is 59.2 Å². The molecule has 0 aromatic heterocycles. The first-order valence-electron chi connectivity index (χ1n) is 10.8. The molecule has 2 amide bonds. The summed E-state index contributed by atoms with van der Waals surface area (Å²) in [6, 6.07) is 13.8. The molecule has 1 fully saturated rings. The summed E-state index contributed by atoms with van der Waals surface area (Å²) in [5.74, 6) is -0.640. The predicted molar refractivity (Wildman–Crippen MR) is 122 cm³/mol. The van der Waals surface area contributed by atoms with Crippen LogP contribution in [0.4, 0.5) is 11.4 Å². The molecule has 0 saturated carbocycles. The van der Waals surface area contributed by atoms with E-state index in [0.29, 0.717) is 11.3 Å². The van der Waals surface area contributed by atoms with Crippen LogP contribution in [0.15, 0.2) is 42.5 Å². The maximum atomic E-state index is 12.4. The van der Waals surface area contributed by atoms with Gasteiger partial charge in [-0.25, -0.2) is 0 Å². The lowest BCUT2D eigenvalue weighted by Crippen LogP contribution is -2.32. The van der Waals surface area contributed by atoms with E-state index in [1.165, 1.54) is 12.0 Å². The molecule has 6 heteroatoms. The molecular weight excluding hydrogens is 376 g/mol. The molecule has 1 heterocycles. The standard InChI is InChI=1S/C24H32N4O2/c1-3-18-7-9-19(10-8-18)17(2)27-23(29)16-26-22-12-11-20(15-21(22)24(25)30)28-13-5-4-6-14-28/h7-12,15,17,26H,3-6,13-14,16H2,1-2H3,(H2,25,30)(H,27,29). The van der Waals surface area contributed by atoms with Gasteiger partial charge in [0.2, 0.25) is 5.91 Å². The Bertz CT molecular complexity index is 873. The zero-order valence-electron chi connectivity index (χ0n) is 17.9. The molecule has 0 radical (unpaired) electrons.